The van der Waals surface area contributed by atoms with Gasteiger partial charge in [-0.3, -0.25) is 0 Å². The van der Waals surface area contributed by atoms with Crippen molar-refractivity contribution in [3.63, 3.8) is 0 Å². The molecule has 2 atom stereocenters. The third kappa shape index (κ3) is 3.46. The zero-order valence-electron chi connectivity index (χ0n) is 10.5. The molecule has 0 radical (unpaired) electrons. The van der Waals surface area contributed by atoms with Crippen LogP contribution in [-0.2, 0) is 9.84 Å². The molecule has 2 unspecified atom stereocenters. The van der Waals surface area contributed by atoms with E-state index in [9.17, 15) is 8.42 Å². The molecule has 0 saturated heterocycles. The molecule has 1 fully saturated rings. The molecular formula is C13H19NO3S. The van der Waals surface area contributed by atoms with Crippen molar-refractivity contribution in [2.45, 2.75) is 42.7 Å². The largest absolute Gasteiger partial charge is 0.490 e. The zero-order valence-corrected chi connectivity index (χ0v) is 11.3. The summed E-state index contributed by atoms with van der Waals surface area (Å²) in [6, 6.07) is 6.78. The molecule has 2 rings (SSSR count). The van der Waals surface area contributed by atoms with Crippen LogP contribution in [0.15, 0.2) is 29.2 Å². The van der Waals surface area contributed by atoms with Crippen molar-refractivity contribution in [2.75, 3.05) is 6.26 Å². The molecule has 5 heteroatoms. The molecule has 0 aromatic heterocycles. The molecule has 2 N–H and O–H groups in total. The van der Waals surface area contributed by atoms with Crippen LogP contribution in [0.3, 0.4) is 0 Å². The van der Waals surface area contributed by atoms with Gasteiger partial charge in [-0.1, -0.05) is 0 Å². The van der Waals surface area contributed by atoms with Crippen molar-refractivity contribution in [3.8, 4) is 5.75 Å². The summed E-state index contributed by atoms with van der Waals surface area (Å²) in [5.74, 6) is 0.710. The number of hydrogen-bond acceptors (Lipinski definition) is 4. The molecule has 18 heavy (non-hydrogen) atoms. The Labute approximate surface area is 108 Å². The maximum atomic E-state index is 11.3. The molecule has 0 amide bonds. The molecule has 1 aliphatic carbocycles. The zero-order chi connectivity index (χ0) is 13.2. The highest BCUT2D eigenvalue weighted by atomic mass is 32.2. The van der Waals surface area contributed by atoms with Gasteiger partial charge in [0.25, 0.3) is 0 Å². The van der Waals surface area contributed by atoms with Crippen molar-refractivity contribution in [3.05, 3.63) is 24.3 Å². The van der Waals surface area contributed by atoms with E-state index >= 15 is 0 Å². The van der Waals surface area contributed by atoms with Crippen LogP contribution in [0.2, 0.25) is 0 Å². The van der Waals surface area contributed by atoms with E-state index in [0.717, 1.165) is 25.7 Å². The molecule has 1 aromatic carbocycles. The summed E-state index contributed by atoms with van der Waals surface area (Å²) in [5, 5.41) is 0. The Bertz CT molecular complexity index is 495. The standard InChI is InChI=1S/C13H19NO3S/c1-18(15,16)13-7-5-11(6-8-13)17-12-4-2-3-10(14)9-12/h5-8,10,12H,2-4,9,14H2,1H3. The Balaban J connectivity index is 2.02. The van der Waals surface area contributed by atoms with Crippen LogP contribution in [0, 0.1) is 0 Å². The lowest BCUT2D eigenvalue weighted by Gasteiger charge is -2.27. The van der Waals surface area contributed by atoms with Gasteiger partial charge >= 0.3 is 0 Å². The average Bonchev–Trinajstić information content (AvgIpc) is 2.28. The first-order valence-corrected chi connectivity index (χ1v) is 8.06. The van der Waals surface area contributed by atoms with Crippen molar-refractivity contribution >= 4 is 9.84 Å². The van der Waals surface area contributed by atoms with Crippen LogP contribution in [0.25, 0.3) is 0 Å². The summed E-state index contributed by atoms with van der Waals surface area (Å²) in [5.41, 5.74) is 5.90. The normalized spacial score (nSPS) is 24.8. The molecular weight excluding hydrogens is 250 g/mol. The maximum Gasteiger partial charge on any atom is 0.175 e. The molecule has 0 heterocycles. The first kappa shape index (κ1) is 13.4. The minimum Gasteiger partial charge on any atom is -0.490 e. The first-order chi connectivity index (χ1) is 8.45. The Hall–Kier alpha value is -1.07. The molecule has 0 spiro atoms. The molecule has 1 aromatic rings. The van der Waals surface area contributed by atoms with Gasteiger partial charge in [0, 0.05) is 12.3 Å². The third-order valence-electron chi connectivity index (χ3n) is 3.22. The highest BCUT2D eigenvalue weighted by Crippen LogP contribution is 2.23. The van der Waals surface area contributed by atoms with E-state index in [1.165, 1.54) is 6.26 Å². The lowest BCUT2D eigenvalue weighted by Crippen LogP contribution is -2.33. The number of rotatable bonds is 3. The molecule has 0 aliphatic heterocycles. The highest BCUT2D eigenvalue weighted by Gasteiger charge is 2.20. The highest BCUT2D eigenvalue weighted by molar-refractivity contribution is 7.90. The van der Waals surface area contributed by atoms with E-state index in [1.54, 1.807) is 24.3 Å². The summed E-state index contributed by atoms with van der Waals surface area (Å²) in [6.45, 7) is 0. The second-order valence-corrected chi connectivity index (χ2v) is 6.93. The van der Waals surface area contributed by atoms with Gasteiger partial charge in [0.05, 0.1) is 4.90 Å². The van der Waals surface area contributed by atoms with Crippen LogP contribution >= 0.6 is 0 Å². The van der Waals surface area contributed by atoms with Gasteiger partial charge in [-0.2, -0.15) is 0 Å². The Morgan fingerprint density at radius 3 is 2.44 bits per heavy atom. The van der Waals surface area contributed by atoms with Gasteiger partial charge < -0.3 is 10.5 Å². The summed E-state index contributed by atoms with van der Waals surface area (Å²) in [4.78, 5) is 0.315. The Kier molecular flexibility index (Phi) is 3.92. The number of ether oxygens (including phenoxy) is 1. The number of hydrogen-bond donors (Lipinski definition) is 1. The summed E-state index contributed by atoms with van der Waals surface area (Å²) in [6.07, 6.45) is 5.39. The number of nitrogens with two attached hydrogens (primary N) is 1. The summed E-state index contributed by atoms with van der Waals surface area (Å²) in [7, 11) is -3.14. The van der Waals surface area contributed by atoms with Crippen LogP contribution in [0.1, 0.15) is 25.7 Å². The SMILES string of the molecule is CS(=O)(=O)c1ccc(OC2CCCC(N)C2)cc1. The quantitative estimate of drug-likeness (QED) is 0.907. The Morgan fingerprint density at radius 2 is 1.89 bits per heavy atom. The van der Waals surface area contributed by atoms with Crippen LogP contribution in [-0.4, -0.2) is 26.8 Å². The smallest absolute Gasteiger partial charge is 0.175 e. The van der Waals surface area contributed by atoms with Gasteiger partial charge in [-0.15, -0.1) is 0 Å². The third-order valence-corrected chi connectivity index (χ3v) is 4.35. The van der Waals surface area contributed by atoms with Gasteiger partial charge in [0.1, 0.15) is 11.9 Å². The van der Waals surface area contributed by atoms with Crippen LogP contribution in [0.5, 0.6) is 5.75 Å². The van der Waals surface area contributed by atoms with Gasteiger partial charge in [0.2, 0.25) is 0 Å². The van der Waals surface area contributed by atoms with Crippen LogP contribution < -0.4 is 10.5 Å². The molecule has 4 nitrogen and oxygen atoms in total. The minimum atomic E-state index is -3.14. The second-order valence-electron chi connectivity index (χ2n) is 4.91. The summed E-state index contributed by atoms with van der Waals surface area (Å²) < 4.78 is 28.5. The molecule has 1 saturated carbocycles. The predicted molar refractivity (Wildman–Crippen MR) is 70.4 cm³/mol. The fourth-order valence-electron chi connectivity index (χ4n) is 2.25. The van der Waals surface area contributed by atoms with Crippen molar-refractivity contribution in [1.29, 1.82) is 0 Å². The Morgan fingerprint density at radius 1 is 1.22 bits per heavy atom. The van der Waals surface area contributed by atoms with E-state index in [-0.39, 0.29) is 12.1 Å². The van der Waals surface area contributed by atoms with Crippen LogP contribution in [0.4, 0.5) is 0 Å². The lowest BCUT2D eigenvalue weighted by molar-refractivity contribution is 0.144. The van der Waals surface area contributed by atoms with Crippen molar-refractivity contribution < 1.29 is 13.2 Å². The fourth-order valence-corrected chi connectivity index (χ4v) is 2.88. The van der Waals surface area contributed by atoms with E-state index in [1.807, 2.05) is 0 Å². The minimum absolute atomic E-state index is 0.151. The molecule has 100 valence electrons. The van der Waals surface area contributed by atoms with Crippen molar-refractivity contribution in [1.82, 2.24) is 0 Å². The second kappa shape index (κ2) is 5.28. The van der Waals surface area contributed by atoms with Gasteiger partial charge in [-0.25, -0.2) is 8.42 Å². The lowest BCUT2D eigenvalue weighted by atomic mass is 9.93. The molecule has 0 bridgehead atoms. The maximum absolute atomic E-state index is 11.3. The topological polar surface area (TPSA) is 69.4 Å². The van der Waals surface area contributed by atoms with E-state index in [2.05, 4.69) is 0 Å². The molecule has 1 aliphatic rings. The van der Waals surface area contributed by atoms with Gasteiger partial charge in [0.15, 0.2) is 9.84 Å². The predicted octanol–water partition coefficient (Wildman–Crippen LogP) is 1.74. The average molecular weight is 269 g/mol. The van der Waals surface area contributed by atoms with Gasteiger partial charge in [-0.05, 0) is 49.9 Å². The van der Waals surface area contributed by atoms with E-state index in [0.29, 0.717) is 10.6 Å². The van der Waals surface area contributed by atoms with E-state index in [4.69, 9.17) is 10.5 Å². The monoisotopic (exact) mass is 269 g/mol. The fraction of sp³-hybridized carbons (Fsp3) is 0.538. The summed E-state index contributed by atoms with van der Waals surface area (Å²) >= 11 is 0. The number of benzene rings is 1. The number of sulfone groups is 1. The first-order valence-electron chi connectivity index (χ1n) is 6.17. The van der Waals surface area contributed by atoms with Crippen molar-refractivity contribution in [2.24, 2.45) is 5.73 Å². The van der Waals surface area contributed by atoms with E-state index < -0.39 is 9.84 Å².